The number of fused-ring (bicyclic) bond motifs is 2. The molecule has 2 amide bonds. The van der Waals surface area contributed by atoms with Gasteiger partial charge in [-0.25, -0.2) is 9.79 Å². The third kappa shape index (κ3) is 9.47. The van der Waals surface area contributed by atoms with E-state index in [1.165, 1.54) is 6.42 Å². The van der Waals surface area contributed by atoms with Crippen molar-refractivity contribution in [3.05, 3.63) is 76.9 Å². The minimum Gasteiger partial charge on any atom is -0.491 e. The van der Waals surface area contributed by atoms with Crippen LogP contribution in [0.15, 0.2) is 65.8 Å². The first-order valence-corrected chi connectivity index (χ1v) is 18.9. The molecule has 0 saturated carbocycles. The molecule has 0 spiro atoms. The average molecular weight is 742 g/mol. The van der Waals surface area contributed by atoms with Gasteiger partial charge in [-0.2, -0.15) is 0 Å². The Kier molecular flexibility index (Phi) is 11.9. The molecule has 282 valence electrons. The highest BCUT2D eigenvalue weighted by molar-refractivity contribution is 6.32. The minimum atomic E-state index is -0.400. The summed E-state index contributed by atoms with van der Waals surface area (Å²) in [5.74, 6) is 2.46. The van der Waals surface area contributed by atoms with E-state index in [0.29, 0.717) is 53.5 Å². The Labute approximate surface area is 317 Å². The lowest BCUT2D eigenvalue weighted by molar-refractivity contribution is 0.171. The summed E-state index contributed by atoms with van der Waals surface area (Å²) in [5, 5.41) is 24.3. The SMILES string of the molecule is CC1CCCCN1c1nnc2ccc(OC3CCC(NC(=O)NC(CC(=N)C(C)(C)C)=Nc4ccc(Cl)c(OCCN(C)C)c4)c4ccccc43)cn12. The number of amidine groups is 1. The van der Waals surface area contributed by atoms with Gasteiger partial charge in [0.05, 0.1) is 22.9 Å². The molecular formula is C40H52ClN9O3. The van der Waals surface area contributed by atoms with Gasteiger partial charge in [-0.1, -0.05) is 56.6 Å². The number of rotatable bonds is 11. The molecule has 6 rings (SSSR count). The Bertz CT molecular complexity index is 1950. The number of nitrogens with one attached hydrogen (secondary N) is 3. The second-order valence-electron chi connectivity index (χ2n) is 15.3. The van der Waals surface area contributed by atoms with E-state index in [4.69, 9.17) is 31.5 Å². The molecule has 12 nitrogen and oxygen atoms in total. The lowest BCUT2D eigenvalue weighted by atomic mass is 9.85. The first-order valence-electron chi connectivity index (χ1n) is 18.5. The maximum atomic E-state index is 13.7. The van der Waals surface area contributed by atoms with E-state index in [1.807, 2.05) is 80.7 Å². The number of aliphatic imine (C=N–C) groups is 1. The standard InChI is InChI=1S/C40H52ClN9O3/c1-26-11-9-10-20-49(26)39-47-46-37-19-15-28(25-50(37)39)53-33-18-17-32(29-12-7-8-13-30(29)33)44-38(51)45-36(24-35(42)40(2,3)4)43-27-14-16-31(41)34(23-27)52-22-21-48(5)6/h7-8,12-16,19,23,25-26,32-33,42H,9-11,17-18,20-22,24H2,1-6H3,(H2,43,44,45,51). The van der Waals surface area contributed by atoms with Gasteiger partial charge in [-0.05, 0) is 93.9 Å². The van der Waals surface area contributed by atoms with Crippen molar-refractivity contribution in [1.82, 2.24) is 30.1 Å². The number of hydrogen-bond donors (Lipinski definition) is 3. The molecule has 1 saturated heterocycles. The summed E-state index contributed by atoms with van der Waals surface area (Å²) < 4.78 is 14.6. The number of likely N-dealkylation sites (N-methyl/N-ethyl adjacent to an activating group) is 1. The van der Waals surface area contributed by atoms with Gasteiger partial charge in [-0.15, -0.1) is 10.2 Å². The van der Waals surface area contributed by atoms with Crippen LogP contribution in [0.5, 0.6) is 11.5 Å². The molecule has 0 radical (unpaired) electrons. The van der Waals surface area contributed by atoms with Crippen LogP contribution in [0.25, 0.3) is 5.65 Å². The number of anilines is 1. The van der Waals surface area contributed by atoms with E-state index in [9.17, 15) is 4.79 Å². The number of aromatic nitrogens is 3. The number of benzene rings is 2. The molecule has 3 unspecified atom stereocenters. The van der Waals surface area contributed by atoms with Crippen molar-refractivity contribution in [3.63, 3.8) is 0 Å². The summed E-state index contributed by atoms with van der Waals surface area (Å²) in [7, 11) is 3.95. The van der Waals surface area contributed by atoms with Crippen LogP contribution in [0.2, 0.25) is 5.02 Å². The van der Waals surface area contributed by atoms with Gasteiger partial charge in [0, 0.05) is 37.3 Å². The van der Waals surface area contributed by atoms with Gasteiger partial charge >= 0.3 is 6.03 Å². The van der Waals surface area contributed by atoms with Crippen molar-refractivity contribution in [1.29, 1.82) is 5.41 Å². The number of hydrogen-bond acceptors (Lipinski definition) is 9. The van der Waals surface area contributed by atoms with Gasteiger partial charge in [0.2, 0.25) is 5.95 Å². The average Bonchev–Trinajstić information content (AvgIpc) is 3.53. The van der Waals surface area contributed by atoms with Crippen LogP contribution in [0.1, 0.15) is 89.5 Å². The smallest absolute Gasteiger partial charge is 0.320 e. The van der Waals surface area contributed by atoms with Crippen LogP contribution in [0, 0.1) is 10.8 Å². The third-order valence-corrected chi connectivity index (χ3v) is 10.2. The second-order valence-corrected chi connectivity index (χ2v) is 15.7. The largest absolute Gasteiger partial charge is 0.491 e. The zero-order valence-corrected chi connectivity index (χ0v) is 32.4. The number of amides is 2. The van der Waals surface area contributed by atoms with Crippen molar-refractivity contribution >= 4 is 46.5 Å². The zero-order valence-electron chi connectivity index (χ0n) is 31.7. The normalized spacial score (nSPS) is 19.2. The van der Waals surface area contributed by atoms with E-state index in [0.717, 1.165) is 54.4 Å². The van der Waals surface area contributed by atoms with Gasteiger partial charge in [0.15, 0.2) is 5.65 Å². The van der Waals surface area contributed by atoms with Crippen LogP contribution in [0.4, 0.5) is 16.4 Å². The molecule has 3 N–H and O–H groups in total. The lowest BCUT2D eigenvalue weighted by Crippen LogP contribution is -2.43. The van der Waals surface area contributed by atoms with Gasteiger partial charge in [0.1, 0.15) is 30.0 Å². The van der Waals surface area contributed by atoms with Gasteiger partial charge in [0.25, 0.3) is 0 Å². The van der Waals surface area contributed by atoms with E-state index in [1.54, 1.807) is 18.2 Å². The van der Waals surface area contributed by atoms with Crippen LogP contribution in [-0.2, 0) is 0 Å². The lowest BCUT2D eigenvalue weighted by Gasteiger charge is -2.33. The Morgan fingerprint density at radius 3 is 2.60 bits per heavy atom. The van der Waals surface area contributed by atoms with Crippen molar-refractivity contribution < 1.29 is 14.3 Å². The molecule has 2 aromatic carbocycles. The quantitative estimate of drug-likeness (QED) is 0.104. The summed E-state index contributed by atoms with van der Waals surface area (Å²) in [5.41, 5.74) is 3.43. The minimum absolute atomic E-state index is 0.169. The summed E-state index contributed by atoms with van der Waals surface area (Å²) in [6.45, 7) is 10.3. The van der Waals surface area contributed by atoms with E-state index < -0.39 is 11.4 Å². The van der Waals surface area contributed by atoms with Crippen molar-refractivity contribution in [3.8, 4) is 11.5 Å². The first kappa shape index (κ1) is 38.1. The van der Waals surface area contributed by atoms with Gasteiger partial charge in [-0.3, -0.25) is 9.72 Å². The molecule has 1 aliphatic carbocycles. The van der Waals surface area contributed by atoms with Crippen molar-refractivity contribution in [2.45, 2.75) is 84.4 Å². The Morgan fingerprint density at radius 2 is 1.85 bits per heavy atom. The van der Waals surface area contributed by atoms with E-state index >= 15 is 0 Å². The summed E-state index contributed by atoms with van der Waals surface area (Å²) in [4.78, 5) is 22.8. The Hall–Kier alpha value is -4.68. The maximum Gasteiger partial charge on any atom is 0.320 e. The fourth-order valence-electron chi connectivity index (χ4n) is 6.74. The molecule has 3 heterocycles. The van der Waals surface area contributed by atoms with Crippen molar-refractivity contribution in [2.75, 3.05) is 38.7 Å². The zero-order chi connectivity index (χ0) is 37.7. The number of ether oxygens (including phenoxy) is 2. The van der Waals surface area contributed by atoms with Gasteiger partial charge < -0.3 is 30.0 Å². The molecule has 3 atom stereocenters. The predicted octanol–water partition coefficient (Wildman–Crippen LogP) is 8.14. The molecule has 4 aromatic rings. The number of carbonyl (C=O) groups is 1. The highest BCUT2D eigenvalue weighted by Crippen LogP contribution is 2.39. The van der Waals surface area contributed by atoms with Crippen LogP contribution in [0.3, 0.4) is 0 Å². The summed E-state index contributed by atoms with van der Waals surface area (Å²) in [6, 6.07) is 17.0. The molecule has 1 fully saturated rings. The molecule has 1 aliphatic heterocycles. The van der Waals surface area contributed by atoms with Crippen LogP contribution >= 0.6 is 11.6 Å². The molecule has 2 aliphatic rings. The number of piperidine rings is 1. The monoisotopic (exact) mass is 741 g/mol. The molecule has 13 heteroatoms. The fourth-order valence-corrected chi connectivity index (χ4v) is 6.92. The molecule has 0 bridgehead atoms. The number of carbonyl (C=O) groups excluding carboxylic acids is 1. The summed E-state index contributed by atoms with van der Waals surface area (Å²) in [6.07, 6.45) is 6.86. The van der Waals surface area contributed by atoms with E-state index in [2.05, 4.69) is 38.7 Å². The number of urea groups is 1. The maximum absolute atomic E-state index is 13.7. The van der Waals surface area contributed by atoms with Crippen LogP contribution in [-0.4, -0.2) is 76.9 Å². The highest BCUT2D eigenvalue weighted by atomic mass is 35.5. The predicted molar refractivity (Wildman–Crippen MR) is 211 cm³/mol. The first-order chi connectivity index (χ1) is 25.4. The molecule has 53 heavy (non-hydrogen) atoms. The highest BCUT2D eigenvalue weighted by Gasteiger charge is 2.30. The number of halogens is 1. The molecule has 2 aromatic heterocycles. The Morgan fingerprint density at radius 1 is 1.06 bits per heavy atom. The Balaban J connectivity index is 1.17. The van der Waals surface area contributed by atoms with Crippen molar-refractivity contribution in [2.24, 2.45) is 10.4 Å². The van der Waals surface area contributed by atoms with Crippen LogP contribution < -0.4 is 25.0 Å². The number of pyridine rings is 1. The molecular weight excluding hydrogens is 690 g/mol. The topological polar surface area (TPSA) is 132 Å². The third-order valence-electron chi connectivity index (χ3n) is 9.92. The van der Waals surface area contributed by atoms with E-state index in [-0.39, 0.29) is 18.6 Å². The fraction of sp³-hybridized carbons (Fsp3) is 0.475. The number of nitrogens with zero attached hydrogens (tertiary/aromatic N) is 6. The summed E-state index contributed by atoms with van der Waals surface area (Å²) >= 11 is 6.42. The second kappa shape index (κ2) is 16.6.